The van der Waals surface area contributed by atoms with Crippen LogP contribution in [0.25, 0.3) is 10.2 Å². The summed E-state index contributed by atoms with van der Waals surface area (Å²) in [7, 11) is 3.92. The van der Waals surface area contributed by atoms with E-state index in [1.54, 1.807) is 35.2 Å². The highest BCUT2D eigenvalue weighted by Crippen LogP contribution is 2.32. The van der Waals surface area contributed by atoms with Crippen LogP contribution in [0.5, 0.6) is 5.75 Å². The predicted molar refractivity (Wildman–Crippen MR) is 120 cm³/mol. The third-order valence-electron chi connectivity index (χ3n) is 3.84. The Hall–Kier alpha value is -1.57. The van der Waals surface area contributed by atoms with E-state index in [0.717, 1.165) is 4.70 Å². The lowest BCUT2D eigenvalue weighted by molar-refractivity contribution is -0.120. The van der Waals surface area contributed by atoms with E-state index in [9.17, 15) is 4.79 Å². The molecule has 0 aliphatic rings. The average Bonchev–Trinajstić information content (AvgIpc) is 3.06. The minimum absolute atomic E-state index is 0. The molecule has 1 aromatic heterocycles. The molecule has 3 aromatic rings. The molecule has 0 atom stereocenters. The number of nitrogens with zero attached hydrogens (tertiary/aromatic N) is 3. The molecule has 1 heterocycles. The van der Waals surface area contributed by atoms with Gasteiger partial charge < -0.3 is 9.64 Å². The minimum atomic E-state index is -0.165. The van der Waals surface area contributed by atoms with Gasteiger partial charge in [0, 0.05) is 18.1 Å². The molecule has 9 heteroatoms. The highest BCUT2D eigenvalue weighted by Gasteiger charge is 2.21. The molecule has 0 saturated carbocycles. The molecule has 0 saturated heterocycles. The number of likely N-dealkylation sites (N-methyl/N-ethyl adjacent to an activating group) is 1. The topological polar surface area (TPSA) is 45.7 Å². The zero-order chi connectivity index (χ0) is 19.4. The molecule has 0 unspecified atom stereocenters. The van der Waals surface area contributed by atoms with Gasteiger partial charge in [-0.2, -0.15) is 0 Å². The predicted octanol–water partition coefficient (Wildman–Crippen LogP) is 5.00. The first-order valence-corrected chi connectivity index (χ1v) is 9.90. The molecular formula is C19H20Cl3N3O2S. The fourth-order valence-corrected chi connectivity index (χ4v) is 3.83. The maximum Gasteiger partial charge on any atom is 0.266 e. The van der Waals surface area contributed by atoms with Gasteiger partial charge in [-0.15, -0.1) is 12.4 Å². The molecule has 1 amide bonds. The van der Waals surface area contributed by atoms with Gasteiger partial charge in [0.2, 0.25) is 0 Å². The van der Waals surface area contributed by atoms with Crippen LogP contribution >= 0.6 is 46.9 Å². The summed E-state index contributed by atoms with van der Waals surface area (Å²) < 4.78 is 6.56. The number of carbonyl (C=O) groups excluding carboxylic acids is 1. The van der Waals surface area contributed by atoms with E-state index in [-0.39, 0.29) is 24.9 Å². The highest BCUT2D eigenvalue weighted by molar-refractivity contribution is 7.22. The van der Waals surface area contributed by atoms with E-state index < -0.39 is 0 Å². The van der Waals surface area contributed by atoms with Crippen molar-refractivity contribution in [2.24, 2.45) is 0 Å². The highest BCUT2D eigenvalue weighted by atomic mass is 35.5. The van der Waals surface area contributed by atoms with Gasteiger partial charge in [-0.3, -0.25) is 9.69 Å². The largest absolute Gasteiger partial charge is 0.484 e. The lowest BCUT2D eigenvalue weighted by Crippen LogP contribution is -2.39. The van der Waals surface area contributed by atoms with Crippen LogP contribution in [0.1, 0.15) is 0 Å². The van der Waals surface area contributed by atoms with Crippen molar-refractivity contribution in [1.29, 1.82) is 0 Å². The van der Waals surface area contributed by atoms with Crippen LogP contribution in [0, 0.1) is 0 Å². The summed E-state index contributed by atoms with van der Waals surface area (Å²) in [6.45, 7) is 1.13. The number of carbonyl (C=O) groups is 1. The van der Waals surface area contributed by atoms with Crippen molar-refractivity contribution >= 4 is 68.2 Å². The smallest absolute Gasteiger partial charge is 0.266 e. The Bertz CT molecular complexity index is 932. The number of hydrogen-bond acceptors (Lipinski definition) is 5. The van der Waals surface area contributed by atoms with Gasteiger partial charge >= 0.3 is 0 Å². The number of amides is 1. The van der Waals surface area contributed by atoms with Crippen molar-refractivity contribution in [3.63, 3.8) is 0 Å². The van der Waals surface area contributed by atoms with Crippen molar-refractivity contribution < 1.29 is 9.53 Å². The standard InChI is InChI=1S/C19H19Cl2N3O2S.ClH/c1-23(2)10-11-24(17(25)12-26-14-8-6-13(20)7-9-14)19-22-18-15(21)4-3-5-16(18)27-19;/h3-9H,10-12H2,1-2H3;1H. The third kappa shape index (κ3) is 5.72. The number of para-hydroxylation sites is 1. The van der Waals surface area contributed by atoms with Crippen LogP contribution < -0.4 is 9.64 Å². The zero-order valence-electron chi connectivity index (χ0n) is 15.4. The number of rotatable bonds is 7. The first-order chi connectivity index (χ1) is 12.9. The van der Waals surface area contributed by atoms with E-state index in [1.807, 2.05) is 31.1 Å². The quantitative estimate of drug-likeness (QED) is 0.498. The lowest BCUT2D eigenvalue weighted by Gasteiger charge is -2.22. The maximum absolute atomic E-state index is 12.8. The Morgan fingerprint density at radius 2 is 1.82 bits per heavy atom. The van der Waals surface area contributed by atoms with Crippen LogP contribution in [0.4, 0.5) is 5.13 Å². The molecule has 0 radical (unpaired) electrons. The summed E-state index contributed by atoms with van der Waals surface area (Å²) in [6, 6.07) is 12.5. The van der Waals surface area contributed by atoms with Gasteiger partial charge in [-0.25, -0.2) is 4.98 Å². The summed E-state index contributed by atoms with van der Waals surface area (Å²) in [5.74, 6) is 0.426. The zero-order valence-corrected chi connectivity index (χ0v) is 18.5. The van der Waals surface area contributed by atoms with Crippen molar-refractivity contribution in [3.8, 4) is 5.75 Å². The Morgan fingerprint density at radius 1 is 1.11 bits per heavy atom. The molecule has 0 fully saturated rings. The number of hydrogen-bond donors (Lipinski definition) is 0. The van der Waals surface area contributed by atoms with Crippen LogP contribution in [-0.4, -0.2) is 49.6 Å². The van der Waals surface area contributed by atoms with E-state index >= 15 is 0 Å². The maximum atomic E-state index is 12.8. The van der Waals surface area contributed by atoms with Gasteiger partial charge in [0.05, 0.1) is 9.72 Å². The van der Waals surface area contributed by atoms with Crippen LogP contribution in [-0.2, 0) is 4.79 Å². The second kappa shape index (κ2) is 10.3. The Labute approximate surface area is 184 Å². The van der Waals surface area contributed by atoms with E-state index in [1.165, 1.54) is 11.3 Å². The number of anilines is 1. The van der Waals surface area contributed by atoms with Gasteiger partial charge in [0.15, 0.2) is 11.7 Å². The first-order valence-electron chi connectivity index (χ1n) is 8.32. The molecular weight excluding hydrogens is 441 g/mol. The molecule has 2 aromatic carbocycles. The fourth-order valence-electron chi connectivity index (χ4n) is 2.40. The van der Waals surface area contributed by atoms with Gasteiger partial charge in [0.1, 0.15) is 11.3 Å². The molecule has 28 heavy (non-hydrogen) atoms. The van der Waals surface area contributed by atoms with Crippen LogP contribution in [0.3, 0.4) is 0 Å². The van der Waals surface area contributed by atoms with Gasteiger partial charge in [-0.1, -0.05) is 40.6 Å². The summed E-state index contributed by atoms with van der Waals surface area (Å²) in [4.78, 5) is 21.1. The van der Waals surface area contributed by atoms with Crippen molar-refractivity contribution in [2.75, 3.05) is 38.7 Å². The molecule has 0 N–H and O–H groups in total. The second-order valence-corrected chi connectivity index (χ2v) is 8.03. The van der Waals surface area contributed by atoms with E-state index in [0.29, 0.717) is 39.5 Å². The second-order valence-electron chi connectivity index (χ2n) is 6.17. The van der Waals surface area contributed by atoms with Crippen LogP contribution in [0.2, 0.25) is 10.0 Å². The molecule has 0 spiro atoms. The van der Waals surface area contributed by atoms with Crippen molar-refractivity contribution in [1.82, 2.24) is 9.88 Å². The minimum Gasteiger partial charge on any atom is -0.484 e. The SMILES string of the molecule is CN(C)CCN(C(=O)COc1ccc(Cl)cc1)c1nc2c(Cl)cccc2s1.Cl. The summed E-state index contributed by atoms with van der Waals surface area (Å²) in [5, 5.41) is 1.81. The number of benzene rings is 2. The summed E-state index contributed by atoms with van der Waals surface area (Å²) in [6.07, 6.45) is 0. The normalized spacial score (nSPS) is 10.8. The Kier molecular flexibility index (Phi) is 8.34. The van der Waals surface area contributed by atoms with E-state index in [4.69, 9.17) is 27.9 Å². The molecule has 0 aliphatic carbocycles. The average molecular weight is 461 g/mol. The molecule has 5 nitrogen and oxygen atoms in total. The van der Waals surface area contributed by atoms with Crippen molar-refractivity contribution in [3.05, 3.63) is 52.5 Å². The molecule has 150 valence electrons. The van der Waals surface area contributed by atoms with E-state index in [2.05, 4.69) is 4.98 Å². The summed E-state index contributed by atoms with van der Waals surface area (Å²) in [5.41, 5.74) is 0.709. The monoisotopic (exact) mass is 459 g/mol. The molecule has 0 bridgehead atoms. The van der Waals surface area contributed by atoms with Crippen LogP contribution in [0.15, 0.2) is 42.5 Å². The number of fused-ring (bicyclic) bond motifs is 1. The third-order valence-corrected chi connectivity index (χ3v) is 5.44. The number of halogens is 3. The Morgan fingerprint density at radius 3 is 2.46 bits per heavy atom. The van der Waals surface area contributed by atoms with Gasteiger partial charge in [-0.05, 0) is 50.5 Å². The number of thiazole rings is 1. The number of aromatic nitrogens is 1. The van der Waals surface area contributed by atoms with Crippen molar-refractivity contribution in [2.45, 2.75) is 0 Å². The molecule has 3 rings (SSSR count). The first kappa shape index (κ1) is 22.7. The fraction of sp³-hybridized carbons (Fsp3) is 0.263. The van der Waals surface area contributed by atoms with Gasteiger partial charge in [0.25, 0.3) is 5.91 Å². The summed E-state index contributed by atoms with van der Waals surface area (Å²) >= 11 is 13.5. The number of ether oxygens (including phenoxy) is 1. The molecule has 0 aliphatic heterocycles. The lowest BCUT2D eigenvalue weighted by atomic mass is 10.3. The Balaban J connectivity index is 0.00000280.